The fourth-order valence-electron chi connectivity index (χ4n) is 1.80. The standard InChI is InChI=1S/C14H12N2OS/c1-9-3-2-4-10(7-9)17-11-5-6-12-13(8-11)18-14(15)16-12/h2-8H,1H3,(H2,15,16). The van der Waals surface area contributed by atoms with Crippen molar-refractivity contribution in [3.8, 4) is 11.5 Å². The number of hydrogen-bond donors (Lipinski definition) is 1. The molecule has 0 saturated carbocycles. The van der Waals surface area contributed by atoms with E-state index in [0.717, 1.165) is 21.7 Å². The Balaban J connectivity index is 1.94. The third kappa shape index (κ3) is 2.15. The van der Waals surface area contributed by atoms with Crippen molar-refractivity contribution in [2.24, 2.45) is 0 Å². The lowest BCUT2D eigenvalue weighted by Crippen LogP contribution is -1.84. The van der Waals surface area contributed by atoms with Gasteiger partial charge in [0.1, 0.15) is 11.5 Å². The maximum Gasteiger partial charge on any atom is 0.181 e. The maximum absolute atomic E-state index is 5.81. The number of ether oxygens (including phenoxy) is 1. The average Bonchev–Trinajstić information content (AvgIpc) is 2.68. The number of nitrogens with two attached hydrogens (primary N) is 1. The highest BCUT2D eigenvalue weighted by Gasteiger charge is 2.03. The zero-order chi connectivity index (χ0) is 12.5. The van der Waals surface area contributed by atoms with E-state index in [-0.39, 0.29) is 0 Å². The van der Waals surface area contributed by atoms with E-state index in [1.165, 1.54) is 16.9 Å². The largest absolute Gasteiger partial charge is 0.457 e. The van der Waals surface area contributed by atoms with E-state index >= 15 is 0 Å². The van der Waals surface area contributed by atoms with Crippen molar-refractivity contribution in [1.29, 1.82) is 0 Å². The van der Waals surface area contributed by atoms with Crippen LogP contribution in [0.2, 0.25) is 0 Å². The molecule has 1 heterocycles. The van der Waals surface area contributed by atoms with E-state index in [4.69, 9.17) is 10.5 Å². The lowest BCUT2D eigenvalue weighted by atomic mass is 10.2. The van der Waals surface area contributed by atoms with Gasteiger partial charge >= 0.3 is 0 Å². The van der Waals surface area contributed by atoms with Gasteiger partial charge in [0.15, 0.2) is 5.13 Å². The topological polar surface area (TPSA) is 48.1 Å². The monoisotopic (exact) mass is 256 g/mol. The first-order valence-electron chi connectivity index (χ1n) is 5.61. The van der Waals surface area contributed by atoms with Crippen molar-refractivity contribution in [3.63, 3.8) is 0 Å². The molecule has 0 aliphatic rings. The summed E-state index contributed by atoms with van der Waals surface area (Å²) in [6, 6.07) is 13.8. The zero-order valence-electron chi connectivity index (χ0n) is 9.88. The molecule has 3 aromatic rings. The molecule has 0 atom stereocenters. The van der Waals surface area contributed by atoms with Crippen molar-refractivity contribution in [2.45, 2.75) is 6.92 Å². The highest BCUT2D eigenvalue weighted by atomic mass is 32.1. The Morgan fingerprint density at radius 2 is 1.94 bits per heavy atom. The molecule has 0 saturated heterocycles. The van der Waals surface area contributed by atoms with Crippen LogP contribution in [0.4, 0.5) is 5.13 Å². The highest BCUT2D eigenvalue weighted by Crippen LogP contribution is 2.30. The number of aromatic nitrogens is 1. The lowest BCUT2D eigenvalue weighted by Gasteiger charge is -2.05. The van der Waals surface area contributed by atoms with Crippen LogP contribution < -0.4 is 10.5 Å². The van der Waals surface area contributed by atoms with Crippen LogP contribution in [0.5, 0.6) is 11.5 Å². The number of nitrogens with zero attached hydrogens (tertiary/aromatic N) is 1. The average molecular weight is 256 g/mol. The first-order chi connectivity index (χ1) is 8.70. The van der Waals surface area contributed by atoms with Crippen LogP contribution in [0, 0.1) is 6.92 Å². The van der Waals surface area contributed by atoms with Crippen LogP contribution >= 0.6 is 11.3 Å². The normalized spacial score (nSPS) is 10.7. The molecule has 0 aliphatic heterocycles. The molecule has 0 radical (unpaired) electrons. The zero-order valence-corrected chi connectivity index (χ0v) is 10.7. The molecule has 3 nitrogen and oxygen atoms in total. The van der Waals surface area contributed by atoms with E-state index in [2.05, 4.69) is 4.98 Å². The molecule has 90 valence electrons. The second kappa shape index (κ2) is 4.31. The molecule has 2 N–H and O–H groups in total. The third-order valence-corrected chi connectivity index (χ3v) is 3.45. The second-order valence-electron chi connectivity index (χ2n) is 4.10. The van der Waals surface area contributed by atoms with Gasteiger partial charge in [0.25, 0.3) is 0 Å². The predicted molar refractivity (Wildman–Crippen MR) is 75.3 cm³/mol. The maximum atomic E-state index is 5.81. The fraction of sp³-hybridized carbons (Fsp3) is 0.0714. The third-order valence-electron chi connectivity index (χ3n) is 2.60. The lowest BCUT2D eigenvalue weighted by molar-refractivity contribution is 0.483. The van der Waals surface area contributed by atoms with Gasteiger partial charge in [0.05, 0.1) is 10.2 Å². The van der Waals surface area contributed by atoms with Gasteiger partial charge in [-0.15, -0.1) is 0 Å². The van der Waals surface area contributed by atoms with Crippen LogP contribution in [0.15, 0.2) is 42.5 Å². The van der Waals surface area contributed by atoms with Gasteiger partial charge in [-0.05, 0) is 36.8 Å². The fourth-order valence-corrected chi connectivity index (χ4v) is 2.56. The second-order valence-corrected chi connectivity index (χ2v) is 5.16. The van der Waals surface area contributed by atoms with E-state index in [0.29, 0.717) is 5.13 Å². The van der Waals surface area contributed by atoms with E-state index in [1.54, 1.807) is 0 Å². The van der Waals surface area contributed by atoms with Gasteiger partial charge in [-0.3, -0.25) is 0 Å². The molecule has 0 aliphatic carbocycles. The molecule has 2 aromatic carbocycles. The van der Waals surface area contributed by atoms with Crippen LogP contribution in [0.25, 0.3) is 10.2 Å². The van der Waals surface area contributed by atoms with Crippen molar-refractivity contribution >= 4 is 26.7 Å². The minimum atomic E-state index is 0.581. The van der Waals surface area contributed by atoms with Crippen LogP contribution in [-0.2, 0) is 0 Å². The van der Waals surface area contributed by atoms with Crippen molar-refractivity contribution in [3.05, 3.63) is 48.0 Å². The van der Waals surface area contributed by atoms with E-state index < -0.39 is 0 Å². The SMILES string of the molecule is Cc1cccc(Oc2ccc3nc(N)sc3c2)c1. The minimum Gasteiger partial charge on any atom is -0.457 e. The van der Waals surface area contributed by atoms with Gasteiger partial charge in [0.2, 0.25) is 0 Å². The Labute approximate surface area is 109 Å². The van der Waals surface area contributed by atoms with Crippen LogP contribution in [0.1, 0.15) is 5.56 Å². The first-order valence-corrected chi connectivity index (χ1v) is 6.43. The Morgan fingerprint density at radius 1 is 1.11 bits per heavy atom. The molecule has 0 bridgehead atoms. The number of benzene rings is 2. The predicted octanol–water partition coefficient (Wildman–Crippen LogP) is 3.98. The Morgan fingerprint density at radius 3 is 2.78 bits per heavy atom. The number of anilines is 1. The molecular weight excluding hydrogens is 244 g/mol. The van der Waals surface area contributed by atoms with E-state index in [9.17, 15) is 0 Å². The van der Waals surface area contributed by atoms with Crippen LogP contribution in [0.3, 0.4) is 0 Å². The Kier molecular flexibility index (Phi) is 2.64. The van der Waals surface area contributed by atoms with Crippen LogP contribution in [-0.4, -0.2) is 4.98 Å². The molecule has 0 fully saturated rings. The summed E-state index contributed by atoms with van der Waals surface area (Å²) < 4.78 is 6.85. The summed E-state index contributed by atoms with van der Waals surface area (Å²) in [4.78, 5) is 4.22. The molecule has 0 spiro atoms. The molecule has 0 unspecified atom stereocenters. The number of rotatable bonds is 2. The number of nitrogen functional groups attached to an aromatic ring is 1. The first kappa shape index (κ1) is 11.0. The summed E-state index contributed by atoms with van der Waals surface area (Å²) in [5, 5.41) is 0.581. The molecule has 4 heteroatoms. The van der Waals surface area contributed by atoms with Gasteiger partial charge in [0, 0.05) is 6.07 Å². The molecule has 3 rings (SSSR count). The number of thiazole rings is 1. The molecule has 1 aromatic heterocycles. The molecule has 0 amide bonds. The summed E-state index contributed by atoms with van der Waals surface area (Å²) in [6.07, 6.45) is 0. The summed E-state index contributed by atoms with van der Waals surface area (Å²) >= 11 is 1.47. The van der Waals surface area contributed by atoms with E-state index in [1.807, 2.05) is 49.4 Å². The van der Waals surface area contributed by atoms with Gasteiger partial charge in [-0.25, -0.2) is 4.98 Å². The van der Waals surface area contributed by atoms with Crippen molar-refractivity contribution in [1.82, 2.24) is 4.98 Å². The summed E-state index contributed by atoms with van der Waals surface area (Å²) in [6.45, 7) is 2.04. The summed E-state index contributed by atoms with van der Waals surface area (Å²) in [5.41, 5.74) is 7.77. The molecular formula is C14H12N2OS. The quantitative estimate of drug-likeness (QED) is 0.754. The summed E-state index contributed by atoms with van der Waals surface area (Å²) in [7, 11) is 0. The van der Waals surface area contributed by atoms with Crippen molar-refractivity contribution < 1.29 is 4.74 Å². The Hall–Kier alpha value is -2.07. The number of aryl methyl sites for hydroxylation is 1. The molecule has 18 heavy (non-hydrogen) atoms. The van der Waals surface area contributed by atoms with Gasteiger partial charge in [-0.1, -0.05) is 23.5 Å². The summed E-state index contributed by atoms with van der Waals surface area (Å²) in [5.74, 6) is 1.64. The number of fused-ring (bicyclic) bond motifs is 1. The van der Waals surface area contributed by atoms with Crippen molar-refractivity contribution in [2.75, 3.05) is 5.73 Å². The van der Waals surface area contributed by atoms with Gasteiger partial charge < -0.3 is 10.5 Å². The minimum absolute atomic E-state index is 0.581. The number of hydrogen-bond acceptors (Lipinski definition) is 4. The smallest absolute Gasteiger partial charge is 0.181 e. The van der Waals surface area contributed by atoms with Gasteiger partial charge in [-0.2, -0.15) is 0 Å². The Bertz CT molecular complexity index is 706. The highest BCUT2D eigenvalue weighted by molar-refractivity contribution is 7.22.